The van der Waals surface area contributed by atoms with Crippen molar-refractivity contribution in [3.63, 3.8) is 0 Å². The van der Waals surface area contributed by atoms with Crippen molar-refractivity contribution in [3.05, 3.63) is 94.5 Å². The van der Waals surface area contributed by atoms with Crippen molar-refractivity contribution in [2.24, 2.45) is 5.92 Å². The predicted molar refractivity (Wildman–Crippen MR) is 140 cm³/mol. The average Bonchev–Trinajstić information content (AvgIpc) is 2.86. The van der Waals surface area contributed by atoms with Crippen molar-refractivity contribution in [3.8, 4) is 0 Å². The molecule has 1 heterocycles. The lowest BCUT2D eigenvalue weighted by molar-refractivity contribution is -0.118. The van der Waals surface area contributed by atoms with E-state index in [1.807, 2.05) is 24.3 Å². The second-order valence-corrected chi connectivity index (χ2v) is 9.50. The third-order valence-corrected chi connectivity index (χ3v) is 6.61. The molecule has 4 rings (SSSR count). The van der Waals surface area contributed by atoms with Crippen LogP contribution in [0.3, 0.4) is 0 Å². The molecule has 2 N–H and O–H groups in total. The summed E-state index contributed by atoms with van der Waals surface area (Å²) in [6.45, 7) is 6.70. The summed E-state index contributed by atoms with van der Waals surface area (Å²) in [6, 6.07) is 23.8. The Morgan fingerprint density at radius 1 is 0.886 bits per heavy atom. The Bertz CT molecular complexity index is 1170. The van der Waals surface area contributed by atoms with Crippen LogP contribution in [-0.4, -0.2) is 48.1 Å². The van der Waals surface area contributed by atoms with Crippen molar-refractivity contribution >= 4 is 34.9 Å². The number of anilines is 2. The molecule has 0 unspecified atom stereocenters. The monoisotopic (exact) mass is 491 g/mol. The highest BCUT2D eigenvalue weighted by Gasteiger charge is 2.27. The number of aromatic carboxylic acids is 1. The Morgan fingerprint density at radius 3 is 2.11 bits per heavy atom. The summed E-state index contributed by atoms with van der Waals surface area (Å²) < 4.78 is 0. The van der Waals surface area contributed by atoms with Crippen LogP contribution in [0.25, 0.3) is 0 Å². The molecule has 0 bridgehead atoms. The number of halogens is 1. The first-order valence-electron chi connectivity index (χ1n) is 11.8. The Hall–Kier alpha value is -3.35. The van der Waals surface area contributed by atoms with Crippen molar-refractivity contribution in [1.29, 1.82) is 0 Å². The first-order valence-corrected chi connectivity index (χ1v) is 12.2. The van der Waals surface area contributed by atoms with Crippen LogP contribution < -0.4 is 10.2 Å². The molecule has 0 radical (unpaired) electrons. The van der Waals surface area contributed by atoms with Crippen molar-refractivity contribution in [1.82, 2.24) is 4.90 Å². The van der Waals surface area contributed by atoms with Gasteiger partial charge in [-0.3, -0.25) is 9.69 Å². The maximum absolute atomic E-state index is 12.1. The fourth-order valence-electron chi connectivity index (χ4n) is 4.42. The zero-order chi connectivity index (χ0) is 24.9. The van der Waals surface area contributed by atoms with Crippen LogP contribution in [0.2, 0.25) is 5.02 Å². The van der Waals surface area contributed by atoms with Gasteiger partial charge < -0.3 is 15.3 Å². The molecule has 1 saturated heterocycles. The molecule has 6 nitrogen and oxygen atoms in total. The van der Waals surface area contributed by atoms with Gasteiger partial charge in [-0.1, -0.05) is 67.9 Å². The van der Waals surface area contributed by atoms with Gasteiger partial charge in [0.1, 0.15) is 0 Å². The average molecular weight is 492 g/mol. The zero-order valence-electron chi connectivity index (χ0n) is 19.9. The van der Waals surface area contributed by atoms with Crippen LogP contribution >= 0.6 is 11.6 Å². The van der Waals surface area contributed by atoms with Gasteiger partial charge in [-0.25, -0.2) is 4.79 Å². The minimum atomic E-state index is -1.06. The number of piperazine rings is 1. The summed E-state index contributed by atoms with van der Waals surface area (Å²) in [4.78, 5) is 28.6. The molecule has 182 valence electrons. The van der Waals surface area contributed by atoms with Gasteiger partial charge in [0.25, 0.3) is 0 Å². The molecule has 1 aliphatic rings. The van der Waals surface area contributed by atoms with Crippen molar-refractivity contribution in [2.45, 2.75) is 19.9 Å². The first kappa shape index (κ1) is 24.8. The summed E-state index contributed by atoms with van der Waals surface area (Å²) in [5, 5.41) is 13.2. The Kier molecular flexibility index (Phi) is 7.73. The lowest BCUT2D eigenvalue weighted by atomic mass is 9.96. The molecule has 1 aliphatic heterocycles. The molecule has 35 heavy (non-hydrogen) atoms. The van der Waals surface area contributed by atoms with Gasteiger partial charge in [-0.05, 0) is 41.5 Å². The SMILES string of the molecule is CC(C)C(=O)Nc1ccc(N2CCN([C@@H](c3ccccc3)c3ccc(Cl)cc3)CC2)cc1C(=O)O. The van der Waals surface area contributed by atoms with E-state index in [0.29, 0.717) is 10.7 Å². The van der Waals surface area contributed by atoms with Gasteiger partial charge in [-0.15, -0.1) is 0 Å². The molecule has 7 heteroatoms. The molecule has 3 aromatic carbocycles. The van der Waals surface area contributed by atoms with Gasteiger partial charge in [0.15, 0.2) is 0 Å². The number of hydrogen-bond acceptors (Lipinski definition) is 4. The van der Waals surface area contributed by atoms with Crippen LogP contribution in [0.1, 0.15) is 41.4 Å². The molecule has 0 aliphatic carbocycles. The van der Waals surface area contributed by atoms with Gasteiger partial charge >= 0.3 is 5.97 Å². The number of nitrogens with zero attached hydrogens (tertiary/aromatic N) is 2. The molecule has 0 aromatic heterocycles. The molecular weight excluding hydrogens is 462 g/mol. The summed E-state index contributed by atoms with van der Waals surface area (Å²) in [6.07, 6.45) is 0. The lowest BCUT2D eigenvalue weighted by Crippen LogP contribution is -2.48. The van der Waals surface area contributed by atoms with E-state index in [9.17, 15) is 14.7 Å². The van der Waals surface area contributed by atoms with Crippen LogP contribution in [0.15, 0.2) is 72.8 Å². The molecule has 1 fully saturated rings. The highest BCUT2D eigenvalue weighted by molar-refractivity contribution is 6.30. The molecule has 0 saturated carbocycles. The Morgan fingerprint density at radius 2 is 1.51 bits per heavy atom. The van der Waals surface area contributed by atoms with Gasteiger partial charge in [0.2, 0.25) is 5.91 Å². The zero-order valence-corrected chi connectivity index (χ0v) is 20.7. The number of carbonyl (C=O) groups excluding carboxylic acids is 1. The highest BCUT2D eigenvalue weighted by Crippen LogP contribution is 2.32. The fraction of sp³-hybridized carbons (Fsp3) is 0.286. The smallest absolute Gasteiger partial charge is 0.337 e. The Balaban J connectivity index is 1.53. The second-order valence-electron chi connectivity index (χ2n) is 9.07. The molecule has 0 spiro atoms. The number of amides is 1. The maximum atomic E-state index is 12.1. The number of carboxylic acid groups (broad SMARTS) is 1. The molecule has 1 atom stereocenters. The molecular formula is C28H30ClN3O3. The lowest BCUT2D eigenvalue weighted by Gasteiger charge is -2.40. The number of rotatable bonds is 7. The van der Waals surface area contributed by atoms with E-state index < -0.39 is 5.97 Å². The van der Waals surface area contributed by atoms with E-state index >= 15 is 0 Å². The third kappa shape index (κ3) is 5.84. The normalized spacial score (nSPS) is 15.1. The minimum Gasteiger partial charge on any atom is -0.478 e. The summed E-state index contributed by atoms with van der Waals surface area (Å²) >= 11 is 6.14. The van der Waals surface area contributed by atoms with E-state index in [0.717, 1.165) is 31.9 Å². The molecule has 3 aromatic rings. The van der Waals surface area contributed by atoms with Crippen molar-refractivity contribution in [2.75, 3.05) is 36.4 Å². The maximum Gasteiger partial charge on any atom is 0.337 e. The van der Waals surface area contributed by atoms with Gasteiger partial charge in [0.05, 0.1) is 17.3 Å². The predicted octanol–water partition coefficient (Wildman–Crippen LogP) is 5.54. The summed E-state index contributed by atoms with van der Waals surface area (Å²) in [7, 11) is 0. The number of nitrogens with one attached hydrogen (secondary N) is 1. The fourth-order valence-corrected chi connectivity index (χ4v) is 4.55. The van der Waals surface area contributed by atoms with E-state index in [4.69, 9.17) is 11.6 Å². The van der Waals surface area contributed by atoms with Gasteiger partial charge in [0, 0.05) is 42.8 Å². The van der Waals surface area contributed by atoms with E-state index in [1.54, 1.807) is 26.0 Å². The summed E-state index contributed by atoms with van der Waals surface area (Å²) in [5.41, 5.74) is 3.68. The largest absolute Gasteiger partial charge is 0.478 e. The molecule has 1 amide bonds. The number of carboxylic acids is 1. The van der Waals surface area contributed by atoms with Crippen molar-refractivity contribution < 1.29 is 14.7 Å². The standard InChI is InChI=1S/C28H30ClN3O3/c1-19(2)27(33)30-25-13-12-23(18-24(25)28(34)35)31-14-16-32(17-15-31)26(20-6-4-3-5-7-20)21-8-10-22(29)11-9-21/h3-13,18-19,26H,14-17H2,1-2H3,(H,30,33)(H,34,35)/t26-/m0/s1. The number of carbonyl (C=O) groups is 2. The second kappa shape index (κ2) is 10.9. The minimum absolute atomic E-state index is 0.0993. The van der Waals surface area contributed by atoms with Gasteiger partial charge in [-0.2, -0.15) is 0 Å². The number of benzene rings is 3. The third-order valence-electron chi connectivity index (χ3n) is 6.36. The topological polar surface area (TPSA) is 72.9 Å². The van der Waals surface area contributed by atoms with Crippen LogP contribution in [0.5, 0.6) is 0 Å². The number of hydrogen-bond donors (Lipinski definition) is 2. The van der Waals surface area contributed by atoms with Crippen LogP contribution in [-0.2, 0) is 4.79 Å². The highest BCUT2D eigenvalue weighted by atomic mass is 35.5. The van der Waals surface area contributed by atoms with Crippen LogP contribution in [0.4, 0.5) is 11.4 Å². The Labute approximate surface area is 211 Å². The van der Waals surface area contributed by atoms with E-state index in [2.05, 4.69) is 51.5 Å². The van der Waals surface area contributed by atoms with Crippen LogP contribution in [0, 0.1) is 5.92 Å². The van der Waals surface area contributed by atoms with E-state index in [1.165, 1.54) is 11.1 Å². The first-order chi connectivity index (χ1) is 16.8. The van der Waals surface area contributed by atoms with E-state index in [-0.39, 0.29) is 23.4 Å². The summed E-state index contributed by atoms with van der Waals surface area (Å²) in [5.74, 6) is -1.50. The quantitative estimate of drug-likeness (QED) is 0.453.